The van der Waals surface area contributed by atoms with Crippen molar-refractivity contribution in [1.29, 1.82) is 0 Å². The van der Waals surface area contributed by atoms with Gasteiger partial charge in [0.1, 0.15) is 11.4 Å². The minimum absolute atomic E-state index is 0.0801. The van der Waals surface area contributed by atoms with E-state index in [4.69, 9.17) is 9.84 Å². The standard InChI is InChI=1S/C11H15BrN2O4/c1-14(5-8(15)6-18-2)10-9(11(16)17)3-7(12)4-13-10/h3-4,8,15H,5-6H2,1-2H3,(H,16,17). The van der Waals surface area contributed by atoms with Gasteiger partial charge >= 0.3 is 5.97 Å². The van der Waals surface area contributed by atoms with Gasteiger partial charge in [0.25, 0.3) is 0 Å². The fourth-order valence-corrected chi connectivity index (χ4v) is 1.87. The fourth-order valence-electron chi connectivity index (χ4n) is 1.54. The first kappa shape index (κ1) is 14.9. The lowest BCUT2D eigenvalue weighted by atomic mass is 10.2. The fraction of sp³-hybridized carbons (Fsp3) is 0.455. The third-order valence-corrected chi connectivity index (χ3v) is 2.70. The minimum atomic E-state index is -1.06. The van der Waals surface area contributed by atoms with E-state index in [2.05, 4.69) is 20.9 Å². The molecule has 7 heteroatoms. The van der Waals surface area contributed by atoms with Gasteiger partial charge in [-0.3, -0.25) is 0 Å². The summed E-state index contributed by atoms with van der Waals surface area (Å²) >= 11 is 3.18. The maximum absolute atomic E-state index is 11.1. The van der Waals surface area contributed by atoms with Gasteiger partial charge < -0.3 is 19.8 Å². The summed E-state index contributed by atoms with van der Waals surface area (Å²) in [4.78, 5) is 16.8. The first-order valence-corrected chi connectivity index (χ1v) is 6.02. The number of hydrogen-bond acceptors (Lipinski definition) is 5. The molecule has 0 fully saturated rings. The third-order valence-electron chi connectivity index (χ3n) is 2.27. The molecule has 0 saturated carbocycles. The van der Waals surface area contributed by atoms with Crippen LogP contribution in [0.2, 0.25) is 0 Å². The van der Waals surface area contributed by atoms with Crippen molar-refractivity contribution in [2.45, 2.75) is 6.10 Å². The molecule has 100 valence electrons. The molecule has 0 amide bonds. The second kappa shape index (κ2) is 6.67. The summed E-state index contributed by atoms with van der Waals surface area (Å²) in [5.74, 6) is -0.757. The number of pyridine rings is 1. The van der Waals surface area contributed by atoms with Gasteiger partial charge in [0.15, 0.2) is 0 Å². The highest BCUT2D eigenvalue weighted by atomic mass is 79.9. The number of anilines is 1. The molecule has 1 rings (SSSR count). The van der Waals surface area contributed by atoms with Crippen molar-refractivity contribution in [3.63, 3.8) is 0 Å². The van der Waals surface area contributed by atoms with Gasteiger partial charge in [0.2, 0.25) is 0 Å². The Kier molecular flexibility index (Phi) is 5.52. The van der Waals surface area contributed by atoms with Crippen molar-refractivity contribution in [1.82, 2.24) is 4.98 Å². The number of carboxylic acids is 1. The Bertz CT molecular complexity index is 428. The van der Waals surface area contributed by atoms with E-state index in [-0.39, 0.29) is 18.7 Å². The molecule has 0 aromatic carbocycles. The Labute approximate surface area is 113 Å². The first-order valence-electron chi connectivity index (χ1n) is 5.22. The quantitative estimate of drug-likeness (QED) is 0.813. The molecule has 1 aromatic rings. The van der Waals surface area contributed by atoms with Crippen molar-refractivity contribution < 1.29 is 19.7 Å². The van der Waals surface area contributed by atoms with Gasteiger partial charge in [0.05, 0.1) is 12.7 Å². The largest absolute Gasteiger partial charge is 0.478 e. The van der Waals surface area contributed by atoms with E-state index < -0.39 is 12.1 Å². The Hall–Kier alpha value is -1.18. The van der Waals surface area contributed by atoms with Crippen LogP contribution in [0.5, 0.6) is 0 Å². The molecule has 0 aliphatic rings. The zero-order valence-electron chi connectivity index (χ0n) is 10.1. The lowest BCUT2D eigenvalue weighted by Crippen LogP contribution is -2.33. The van der Waals surface area contributed by atoms with Crippen LogP contribution in [0.15, 0.2) is 16.7 Å². The third kappa shape index (κ3) is 3.94. The lowest BCUT2D eigenvalue weighted by molar-refractivity contribution is 0.0679. The molecule has 0 bridgehead atoms. The molecule has 1 unspecified atom stereocenters. The van der Waals surface area contributed by atoms with Gasteiger partial charge in [-0.05, 0) is 22.0 Å². The smallest absolute Gasteiger partial charge is 0.339 e. The molecule has 2 N–H and O–H groups in total. The number of ether oxygens (including phenoxy) is 1. The molecule has 0 aliphatic heterocycles. The van der Waals surface area contributed by atoms with Crippen molar-refractivity contribution >= 4 is 27.7 Å². The summed E-state index contributed by atoms with van der Waals surface area (Å²) in [6.07, 6.45) is 0.813. The van der Waals surface area contributed by atoms with E-state index in [0.717, 1.165) is 0 Å². The van der Waals surface area contributed by atoms with Crippen LogP contribution >= 0.6 is 15.9 Å². The average molecular weight is 319 g/mol. The van der Waals surface area contributed by atoms with Crippen LogP contribution in [0.1, 0.15) is 10.4 Å². The van der Waals surface area contributed by atoms with Crippen molar-refractivity contribution in [3.05, 3.63) is 22.3 Å². The number of carbonyl (C=O) groups is 1. The van der Waals surface area contributed by atoms with Crippen molar-refractivity contribution in [2.75, 3.05) is 32.2 Å². The second-order valence-electron chi connectivity index (χ2n) is 3.82. The number of hydrogen-bond donors (Lipinski definition) is 2. The molecule has 6 nitrogen and oxygen atoms in total. The molecule has 1 heterocycles. The van der Waals surface area contributed by atoms with E-state index in [9.17, 15) is 9.90 Å². The topological polar surface area (TPSA) is 82.9 Å². The summed E-state index contributed by atoms with van der Waals surface area (Å²) in [6.45, 7) is 0.423. The number of rotatable bonds is 6. The predicted molar refractivity (Wildman–Crippen MR) is 70.0 cm³/mol. The number of nitrogens with zero attached hydrogens (tertiary/aromatic N) is 2. The summed E-state index contributed by atoms with van der Waals surface area (Å²) in [5.41, 5.74) is 0.0801. The Morgan fingerprint density at radius 1 is 1.67 bits per heavy atom. The number of aromatic nitrogens is 1. The van der Waals surface area contributed by atoms with E-state index in [1.807, 2.05) is 0 Å². The predicted octanol–water partition coefficient (Wildman–Crippen LogP) is 0.986. The van der Waals surface area contributed by atoms with Crippen LogP contribution in [0.4, 0.5) is 5.82 Å². The van der Waals surface area contributed by atoms with E-state index in [0.29, 0.717) is 10.3 Å². The summed E-state index contributed by atoms with van der Waals surface area (Å²) in [6, 6.07) is 1.48. The summed E-state index contributed by atoms with van der Waals surface area (Å²) in [5, 5.41) is 18.7. The van der Waals surface area contributed by atoms with Gasteiger partial charge in [-0.2, -0.15) is 0 Å². The van der Waals surface area contributed by atoms with Crippen LogP contribution in [0.25, 0.3) is 0 Å². The maximum atomic E-state index is 11.1. The molecule has 0 saturated heterocycles. The van der Waals surface area contributed by atoms with E-state index >= 15 is 0 Å². The molecule has 0 radical (unpaired) electrons. The number of halogens is 1. The van der Waals surface area contributed by atoms with Gasteiger partial charge in [-0.1, -0.05) is 0 Å². The van der Waals surface area contributed by atoms with Gasteiger partial charge in [-0.25, -0.2) is 9.78 Å². The van der Waals surface area contributed by atoms with Crippen LogP contribution < -0.4 is 4.90 Å². The second-order valence-corrected chi connectivity index (χ2v) is 4.74. The normalized spacial score (nSPS) is 12.2. The Balaban J connectivity index is 2.91. The van der Waals surface area contributed by atoms with Crippen molar-refractivity contribution in [2.24, 2.45) is 0 Å². The average Bonchev–Trinajstić information content (AvgIpc) is 2.28. The monoisotopic (exact) mass is 318 g/mol. The molecule has 1 aromatic heterocycles. The highest BCUT2D eigenvalue weighted by Crippen LogP contribution is 2.21. The molecule has 1 atom stereocenters. The Morgan fingerprint density at radius 3 is 2.89 bits per heavy atom. The first-order chi connectivity index (χ1) is 8.45. The number of aromatic carboxylic acids is 1. The highest BCUT2D eigenvalue weighted by molar-refractivity contribution is 9.10. The van der Waals surface area contributed by atoms with Crippen LogP contribution in [0, 0.1) is 0 Å². The van der Waals surface area contributed by atoms with Crippen LogP contribution in [-0.2, 0) is 4.74 Å². The lowest BCUT2D eigenvalue weighted by Gasteiger charge is -2.22. The molecular formula is C11H15BrN2O4. The van der Waals surface area contributed by atoms with E-state index in [1.54, 1.807) is 11.9 Å². The zero-order valence-corrected chi connectivity index (χ0v) is 11.7. The maximum Gasteiger partial charge on any atom is 0.339 e. The van der Waals surface area contributed by atoms with Crippen LogP contribution in [0.3, 0.4) is 0 Å². The summed E-state index contributed by atoms with van der Waals surface area (Å²) < 4.78 is 5.41. The number of likely N-dealkylation sites (N-methyl/N-ethyl adjacent to an activating group) is 1. The molecule has 0 aliphatic carbocycles. The van der Waals surface area contributed by atoms with E-state index in [1.165, 1.54) is 19.4 Å². The number of methoxy groups -OCH3 is 1. The molecule has 18 heavy (non-hydrogen) atoms. The van der Waals surface area contributed by atoms with Crippen LogP contribution in [-0.4, -0.2) is 54.6 Å². The number of carboxylic acid groups (broad SMARTS) is 1. The Morgan fingerprint density at radius 2 is 2.33 bits per heavy atom. The SMILES string of the molecule is COCC(O)CN(C)c1ncc(Br)cc1C(=O)O. The van der Waals surface area contributed by atoms with Crippen molar-refractivity contribution in [3.8, 4) is 0 Å². The number of aliphatic hydroxyl groups is 1. The highest BCUT2D eigenvalue weighted by Gasteiger charge is 2.17. The molecular weight excluding hydrogens is 304 g/mol. The summed E-state index contributed by atoms with van der Waals surface area (Å²) in [7, 11) is 3.16. The van der Waals surface area contributed by atoms with Gasteiger partial charge in [-0.15, -0.1) is 0 Å². The zero-order chi connectivity index (χ0) is 13.7. The minimum Gasteiger partial charge on any atom is -0.478 e. The molecule has 0 spiro atoms. The van der Waals surface area contributed by atoms with Gasteiger partial charge in [0, 0.05) is 31.4 Å². The number of aliphatic hydroxyl groups excluding tert-OH is 1.